The fourth-order valence-corrected chi connectivity index (χ4v) is 5.09. The van der Waals surface area contributed by atoms with Gasteiger partial charge in [0.05, 0.1) is 12.1 Å². The molecule has 1 fully saturated rings. The number of hydrogen-bond acceptors (Lipinski definition) is 5. The highest BCUT2D eigenvalue weighted by atomic mass is 16.2. The molecule has 36 heavy (non-hydrogen) atoms. The van der Waals surface area contributed by atoms with Gasteiger partial charge >= 0.3 is 0 Å². The Balaban J connectivity index is 1.37. The van der Waals surface area contributed by atoms with E-state index in [0.29, 0.717) is 44.2 Å². The highest BCUT2D eigenvalue weighted by molar-refractivity contribution is 5.98. The fourth-order valence-electron chi connectivity index (χ4n) is 5.09. The Bertz CT molecular complexity index is 1230. The van der Waals surface area contributed by atoms with Gasteiger partial charge in [-0.3, -0.25) is 9.59 Å². The second-order valence-corrected chi connectivity index (χ2v) is 10.5. The van der Waals surface area contributed by atoms with E-state index >= 15 is 0 Å². The summed E-state index contributed by atoms with van der Waals surface area (Å²) in [6.45, 7) is 13.4. The SMILES string of the molecule is Cc1cc(C)nc(-n2nc(C)c(CC(=O)N3CCC(C(=O)c4ccc(CC(C)C)cc4)CC3)c2C)n1. The molecule has 1 aromatic carbocycles. The topological polar surface area (TPSA) is 81.0 Å². The van der Waals surface area contributed by atoms with E-state index in [1.54, 1.807) is 4.68 Å². The molecule has 0 saturated carbocycles. The van der Waals surface area contributed by atoms with Crippen molar-refractivity contribution >= 4 is 11.7 Å². The number of aryl methyl sites for hydroxylation is 3. The van der Waals surface area contributed by atoms with Crippen LogP contribution >= 0.6 is 0 Å². The van der Waals surface area contributed by atoms with Gasteiger partial charge in [0, 0.05) is 47.2 Å². The molecule has 190 valence electrons. The van der Waals surface area contributed by atoms with E-state index < -0.39 is 0 Å². The molecule has 0 radical (unpaired) electrons. The van der Waals surface area contributed by atoms with Gasteiger partial charge in [0.15, 0.2) is 5.78 Å². The van der Waals surface area contributed by atoms with Crippen LogP contribution in [0.1, 0.15) is 70.9 Å². The van der Waals surface area contributed by atoms with Crippen LogP contribution in [0.25, 0.3) is 5.95 Å². The first-order valence-corrected chi connectivity index (χ1v) is 12.9. The number of amides is 1. The summed E-state index contributed by atoms with van der Waals surface area (Å²) in [6, 6.07) is 9.98. The van der Waals surface area contributed by atoms with Crippen LogP contribution in [-0.4, -0.2) is 49.4 Å². The molecule has 0 N–H and O–H groups in total. The van der Waals surface area contributed by atoms with Gasteiger partial charge in [-0.25, -0.2) is 14.6 Å². The van der Waals surface area contributed by atoms with Crippen molar-refractivity contribution in [2.75, 3.05) is 13.1 Å². The predicted molar refractivity (Wildman–Crippen MR) is 140 cm³/mol. The standard InChI is InChI=1S/C29H37N5O2/c1-18(2)15-23-7-9-24(10-8-23)28(36)25-11-13-33(14-12-25)27(35)17-26-21(5)32-34(22(26)6)29-30-19(3)16-20(4)31-29/h7-10,16,18,25H,11-15,17H2,1-6H3. The minimum Gasteiger partial charge on any atom is -0.342 e. The second-order valence-electron chi connectivity index (χ2n) is 10.5. The van der Waals surface area contributed by atoms with E-state index in [9.17, 15) is 9.59 Å². The smallest absolute Gasteiger partial charge is 0.251 e. The molecule has 0 bridgehead atoms. The number of likely N-dealkylation sites (tertiary alicyclic amines) is 1. The van der Waals surface area contributed by atoms with Crippen molar-refractivity contribution in [3.8, 4) is 5.95 Å². The molecule has 2 aromatic heterocycles. The van der Waals surface area contributed by atoms with Crippen molar-refractivity contribution in [2.24, 2.45) is 11.8 Å². The van der Waals surface area contributed by atoms with E-state index in [4.69, 9.17) is 0 Å². The Kier molecular flexibility index (Phi) is 7.67. The van der Waals surface area contributed by atoms with E-state index in [1.807, 2.05) is 50.8 Å². The first-order valence-electron chi connectivity index (χ1n) is 12.9. The van der Waals surface area contributed by atoms with Crippen LogP contribution in [-0.2, 0) is 17.6 Å². The van der Waals surface area contributed by atoms with Gasteiger partial charge in [-0.1, -0.05) is 38.1 Å². The predicted octanol–water partition coefficient (Wildman–Crippen LogP) is 4.76. The molecule has 4 rings (SSSR count). The summed E-state index contributed by atoms with van der Waals surface area (Å²) in [7, 11) is 0. The molecular weight excluding hydrogens is 450 g/mol. The first kappa shape index (κ1) is 25.7. The first-order chi connectivity index (χ1) is 17.1. The van der Waals surface area contributed by atoms with Crippen molar-refractivity contribution in [2.45, 2.75) is 67.2 Å². The summed E-state index contributed by atoms with van der Waals surface area (Å²) in [5.74, 6) is 1.36. The number of carbonyl (C=O) groups excluding carboxylic acids is 2. The number of carbonyl (C=O) groups is 2. The number of nitrogens with zero attached hydrogens (tertiary/aromatic N) is 5. The molecule has 1 amide bonds. The Morgan fingerprint density at radius 3 is 2.17 bits per heavy atom. The largest absolute Gasteiger partial charge is 0.342 e. The highest BCUT2D eigenvalue weighted by Crippen LogP contribution is 2.24. The normalized spacial score (nSPS) is 14.5. The maximum absolute atomic E-state index is 13.2. The summed E-state index contributed by atoms with van der Waals surface area (Å²) in [4.78, 5) is 37.1. The van der Waals surface area contributed by atoms with Crippen molar-refractivity contribution in [1.82, 2.24) is 24.6 Å². The van der Waals surface area contributed by atoms with Gasteiger partial charge < -0.3 is 4.90 Å². The fraction of sp³-hybridized carbons (Fsp3) is 0.483. The number of ketones is 1. The van der Waals surface area contributed by atoms with Gasteiger partial charge in [-0.15, -0.1) is 0 Å². The van der Waals surface area contributed by atoms with Gasteiger partial charge in [0.1, 0.15) is 0 Å². The van der Waals surface area contributed by atoms with E-state index in [0.717, 1.165) is 40.3 Å². The van der Waals surface area contributed by atoms with E-state index in [1.165, 1.54) is 5.56 Å². The van der Waals surface area contributed by atoms with Gasteiger partial charge in [-0.2, -0.15) is 5.10 Å². The zero-order valence-corrected chi connectivity index (χ0v) is 22.3. The van der Waals surface area contributed by atoms with Gasteiger partial charge in [-0.05, 0) is 64.5 Å². The van der Waals surface area contributed by atoms with Crippen LogP contribution in [0.2, 0.25) is 0 Å². The molecule has 0 aliphatic carbocycles. The molecule has 3 aromatic rings. The average Bonchev–Trinajstić information content (AvgIpc) is 3.11. The molecule has 7 heteroatoms. The molecule has 7 nitrogen and oxygen atoms in total. The van der Waals surface area contributed by atoms with Crippen molar-refractivity contribution < 1.29 is 9.59 Å². The Morgan fingerprint density at radius 2 is 1.58 bits per heavy atom. The zero-order chi connectivity index (χ0) is 26.0. The Morgan fingerprint density at radius 1 is 0.972 bits per heavy atom. The second kappa shape index (κ2) is 10.7. The quantitative estimate of drug-likeness (QED) is 0.449. The minimum atomic E-state index is -0.0297. The summed E-state index contributed by atoms with van der Waals surface area (Å²) >= 11 is 0. The Hall–Kier alpha value is -3.35. The third-order valence-electron chi connectivity index (χ3n) is 7.03. The molecule has 3 heterocycles. The van der Waals surface area contributed by atoms with Gasteiger partial charge in [0.25, 0.3) is 5.95 Å². The lowest BCUT2D eigenvalue weighted by Crippen LogP contribution is -2.41. The molecule has 0 spiro atoms. The number of benzene rings is 1. The summed E-state index contributed by atoms with van der Waals surface area (Å²) in [6.07, 6.45) is 2.71. The van der Waals surface area contributed by atoms with E-state index in [2.05, 4.69) is 41.0 Å². The van der Waals surface area contributed by atoms with Crippen LogP contribution in [0.5, 0.6) is 0 Å². The zero-order valence-electron chi connectivity index (χ0n) is 22.3. The lowest BCUT2D eigenvalue weighted by Gasteiger charge is -2.31. The maximum Gasteiger partial charge on any atom is 0.251 e. The van der Waals surface area contributed by atoms with Crippen molar-refractivity contribution in [3.05, 3.63) is 69.8 Å². The monoisotopic (exact) mass is 487 g/mol. The number of Topliss-reactive ketones (excluding diaryl/α,β-unsaturated/α-hetero) is 1. The number of aromatic nitrogens is 4. The molecule has 1 aliphatic heterocycles. The number of hydrogen-bond donors (Lipinski definition) is 0. The van der Waals surface area contributed by atoms with Crippen LogP contribution in [0.15, 0.2) is 30.3 Å². The maximum atomic E-state index is 13.2. The van der Waals surface area contributed by atoms with E-state index in [-0.39, 0.29) is 17.6 Å². The molecule has 1 saturated heterocycles. The van der Waals surface area contributed by atoms with Crippen LogP contribution in [0.3, 0.4) is 0 Å². The highest BCUT2D eigenvalue weighted by Gasteiger charge is 2.29. The minimum absolute atomic E-state index is 0.0297. The van der Waals surface area contributed by atoms with Crippen LogP contribution in [0, 0.1) is 39.5 Å². The lowest BCUT2D eigenvalue weighted by atomic mass is 9.88. The summed E-state index contributed by atoms with van der Waals surface area (Å²) in [5, 5.41) is 4.63. The van der Waals surface area contributed by atoms with Crippen molar-refractivity contribution in [3.63, 3.8) is 0 Å². The molecule has 1 aliphatic rings. The third kappa shape index (κ3) is 5.72. The molecular formula is C29H37N5O2. The molecule has 0 atom stereocenters. The molecule has 0 unspecified atom stereocenters. The van der Waals surface area contributed by atoms with Crippen LogP contribution in [0.4, 0.5) is 0 Å². The average molecular weight is 488 g/mol. The lowest BCUT2D eigenvalue weighted by molar-refractivity contribution is -0.131. The van der Waals surface area contributed by atoms with Crippen molar-refractivity contribution in [1.29, 1.82) is 0 Å². The third-order valence-corrected chi connectivity index (χ3v) is 7.03. The Labute approximate surface area is 214 Å². The number of rotatable bonds is 7. The van der Waals surface area contributed by atoms with Gasteiger partial charge in [0.2, 0.25) is 5.91 Å². The summed E-state index contributed by atoms with van der Waals surface area (Å²) in [5.41, 5.74) is 6.42. The van der Waals surface area contributed by atoms with Crippen LogP contribution < -0.4 is 0 Å². The number of piperidine rings is 1. The summed E-state index contributed by atoms with van der Waals surface area (Å²) < 4.78 is 1.73.